The highest BCUT2D eigenvalue weighted by Gasteiger charge is 2.35. The van der Waals surface area contributed by atoms with Crippen molar-refractivity contribution in [2.75, 3.05) is 19.5 Å². The lowest BCUT2D eigenvalue weighted by molar-refractivity contribution is -0.145. The van der Waals surface area contributed by atoms with E-state index in [0.717, 1.165) is 6.07 Å². The van der Waals surface area contributed by atoms with Crippen LogP contribution < -0.4 is 10.5 Å². The van der Waals surface area contributed by atoms with Crippen molar-refractivity contribution in [3.63, 3.8) is 0 Å². The van der Waals surface area contributed by atoms with Crippen LogP contribution >= 0.6 is 0 Å². The van der Waals surface area contributed by atoms with E-state index in [9.17, 15) is 13.2 Å². The van der Waals surface area contributed by atoms with Crippen LogP contribution in [0.2, 0.25) is 0 Å². The van der Waals surface area contributed by atoms with E-state index in [2.05, 4.69) is 9.97 Å². The fraction of sp³-hybridized carbons (Fsp3) is 0.636. The van der Waals surface area contributed by atoms with Crippen LogP contribution in [0.15, 0.2) is 6.07 Å². The van der Waals surface area contributed by atoms with Crippen LogP contribution in [-0.2, 0) is 10.9 Å². The van der Waals surface area contributed by atoms with Crippen molar-refractivity contribution < 1.29 is 22.6 Å². The van der Waals surface area contributed by atoms with Gasteiger partial charge in [-0.15, -0.1) is 0 Å². The molecule has 1 aromatic rings. The van der Waals surface area contributed by atoms with Gasteiger partial charge in [-0.2, -0.15) is 18.2 Å². The topological polar surface area (TPSA) is 70.3 Å². The van der Waals surface area contributed by atoms with Crippen LogP contribution in [0, 0.1) is 0 Å². The summed E-state index contributed by atoms with van der Waals surface area (Å²) in [5.41, 5.74) is 4.86. The molecule has 8 heteroatoms. The van der Waals surface area contributed by atoms with Gasteiger partial charge in [-0.05, 0) is 13.8 Å². The lowest BCUT2D eigenvalue weighted by atomic mass is 10.1. The Morgan fingerprint density at radius 2 is 1.89 bits per heavy atom. The molecule has 0 fully saturated rings. The standard InChI is InChI=1S/C11H16F3N3O2/c1-10(2,18-3)4-5-19-8-6-7(15)16-9(17-8)11(12,13)14/h6H,4-5H2,1-3H3,(H2,15,16,17). The first-order valence-corrected chi connectivity index (χ1v) is 5.54. The van der Waals surface area contributed by atoms with Crippen LogP contribution in [0.5, 0.6) is 5.88 Å². The number of nitrogens with two attached hydrogens (primary N) is 1. The molecular weight excluding hydrogens is 263 g/mol. The molecule has 0 aromatic carbocycles. The highest BCUT2D eigenvalue weighted by atomic mass is 19.4. The van der Waals surface area contributed by atoms with Crippen molar-refractivity contribution in [3.8, 4) is 5.88 Å². The fourth-order valence-electron chi connectivity index (χ4n) is 1.15. The Hall–Kier alpha value is -1.57. The third-order valence-electron chi connectivity index (χ3n) is 2.48. The number of aromatic nitrogens is 2. The molecule has 0 aliphatic carbocycles. The monoisotopic (exact) mass is 279 g/mol. The molecule has 1 rings (SSSR count). The van der Waals surface area contributed by atoms with Gasteiger partial charge >= 0.3 is 6.18 Å². The molecule has 1 heterocycles. The van der Waals surface area contributed by atoms with Gasteiger partial charge in [-0.25, -0.2) is 4.98 Å². The Morgan fingerprint density at radius 3 is 2.42 bits per heavy atom. The molecule has 0 radical (unpaired) electrons. The quantitative estimate of drug-likeness (QED) is 0.895. The average Bonchev–Trinajstić information content (AvgIpc) is 2.27. The van der Waals surface area contributed by atoms with E-state index >= 15 is 0 Å². The number of alkyl halides is 3. The second-order valence-electron chi connectivity index (χ2n) is 4.51. The van der Waals surface area contributed by atoms with Crippen LogP contribution in [-0.4, -0.2) is 29.3 Å². The van der Waals surface area contributed by atoms with Gasteiger partial charge in [-0.3, -0.25) is 0 Å². The van der Waals surface area contributed by atoms with Gasteiger partial charge in [0.25, 0.3) is 0 Å². The van der Waals surface area contributed by atoms with Crippen LogP contribution in [0.1, 0.15) is 26.1 Å². The van der Waals surface area contributed by atoms with Crippen molar-refractivity contribution in [1.29, 1.82) is 0 Å². The summed E-state index contributed by atoms with van der Waals surface area (Å²) in [4.78, 5) is 6.39. The van der Waals surface area contributed by atoms with E-state index in [0.29, 0.717) is 6.42 Å². The maximum atomic E-state index is 12.5. The summed E-state index contributed by atoms with van der Waals surface area (Å²) in [7, 11) is 1.55. The number of nitrogens with zero attached hydrogens (tertiary/aromatic N) is 2. The Morgan fingerprint density at radius 1 is 1.26 bits per heavy atom. The maximum Gasteiger partial charge on any atom is 0.451 e. The van der Waals surface area contributed by atoms with Crippen molar-refractivity contribution in [2.45, 2.75) is 32.0 Å². The predicted octanol–water partition coefficient (Wildman–Crippen LogP) is 2.27. The van der Waals surface area contributed by atoms with Gasteiger partial charge in [0.05, 0.1) is 12.2 Å². The molecule has 0 saturated carbocycles. The lowest BCUT2D eigenvalue weighted by Crippen LogP contribution is -2.25. The third-order valence-corrected chi connectivity index (χ3v) is 2.48. The number of nitrogen functional groups attached to an aromatic ring is 1. The number of anilines is 1. The highest BCUT2D eigenvalue weighted by Crippen LogP contribution is 2.28. The molecule has 5 nitrogen and oxygen atoms in total. The van der Waals surface area contributed by atoms with E-state index in [4.69, 9.17) is 15.2 Å². The first-order chi connectivity index (χ1) is 8.64. The van der Waals surface area contributed by atoms with Gasteiger partial charge < -0.3 is 15.2 Å². The lowest BCUT2D eigenvalue weighted by Gasteiger charge is -2.22. The summed E-state index contributed by atoms with van der Waals surface area (Å²) >= 11 is 0. The molecule has 0 bridgehead atoms. The van der Waals surface area contributed by atoms with Crippen LogP contribution in [0.3, 0.4) is 0 Å². The molecule has 0 unspecified atom stereocenters. The van der Waals surface area contributed by atoms with Gasteiger partial charge in [0, 0.05) is 19.6 Å². The minimum absolute atomic E-state index is 0.161. The van der Waals surface area contributed by atoms with E-state index in [1.807, 2.05) is 13.8 Å². The Labute approximate surface area is 108 Å². The molecular formula is C11H16F3N3O2. The predicted molar refractivity (Wildman–Crippen MR) is 62.6 cm³/mol. The summed E-state index contributed by atoms with van der Waals surface area (Å²) < 4.78 is 47.7. The van der Waals surface area contributed by atoms with Gasteiger partial charge in [-0.1, -0.05) is 0 Å². The SMILES string of the molecule is COC(C)(C)CCOc1cc(N)nc(C(F)(F)F)n1. The van der Waals surface area contributed by atoms with E-state index in [-0.39, 0.29) is 18.3 Å². The van der Waals surface area contributed by atoms with Crippen molar-refractivity contribution >= 4 is 5.82 Å². The van der Waals surface area contributed by atoms with Crippen molar-refractivity contribution in [1.82, 2.24) is 9.97 Å². The first-order valence-electron chi connectivity index (χ1n) is 5.54. The zero-order chi connectivity index (χ0) is 14.7. The molecule has 19 heavy (non-hydrogen) atoms. The highest BCUT2D eigenvalue weighted by molar-refractivity contribution is 5.33. The molecule has 0 aliphatic rings. The average molecular weight is 279 g/mol. The number of ether oxygens (including phenoxy) is 2. The van der Waals surface area contributed by atoms with E-state index in [1.54, 1.807) is 7.11 Å². The van der Waals surface area contributed by atoms with E-state index < -0.39 is 17.6 Å². The van der Waals surface area contributed by atoms with Crippen LogP contribution in [0.4, 0.5) is 19.0 Å². The van der Waals surface area contributed by atoms with Gasteiger partial charge in [0.2, 0.25) is 11.7 Å². The Balaban J connectivity index is 2.72. The Kier molecular flexibility index (Phi) is 4.56. The second-order valence-corrected chi connectivity index (χ2v) is 4.51. The largest absolute Gasteiger partial charge is 0.477 e. The minimum Gasteiger partial charge on any atom is -0.477 e. The zero-order valence-electron chi connectivity index (χ0n) is 10.9. The summed E-state index contributed by atoms with van der Waals surface area (Å²) in [6, 6.07) is 1.15. The number of hydrogen-bond donors (Lipinski definition) is 1. The number of methoxy groups -OCH3 is 1. The molecule has 2 N–H and O–H groups in total. The maximum absolute atomic E-state index is 12.5. The third kappa shape index (κ3) is 4.90. The van der Waals surface area contributed by atoms with Crippen molar-refractivity contribution in [3.05, 3.63) is 11.9 Å². The number of rotatable bonds is 5. The number of halogens is 3. The summed E-state index contributed by atoms with van der Waals surface area (Å²) in [5.74, 6) is -1.80. The minimum atomic E-state index is -4.65. The molecule has 0 atom stereocenters. The summed E-state index contributed by atoms with van der Waals surface area (Å²) in [6.45, 7) is 3.84. The molecule has 0 saturated heterocycles. The summed E-state index contributed by atoms with van der Waals surface area (Å²) in [5, 5.41) is 0. The first kappa shape index (κ1) is 15.5. The van der Waals surface area contributed by atoms with Gasteiger partial charge in [0.15, 0.2) is 0 Å². The zero-order valence-corrected chi connectivity index (χ0v) is 10.9. The summed E-state index contributed by atoms with van der Waals surface area (Å²) in [6.07, 6.45) is -4.16. The molecule has 0 spiro atoms. The normalized spacial score (nSPS) is 12.5. The second kappa shape index (κ2) is 5.60. The molecule has 108 valence electrons. The molecule has 1 aromatic heterocycles. The number of hydrogen-bond acceptors (Lipinski definition) is 5. The van der Waals surface area contributed by atoms with Crippen molar-refractivity contribution in [2.24, 2.45) is 0 Å². The Bertz CT molecular complexity index is 436. The van der Waals surface area contributed by atoms with Gasteiger partial charge in [0.1, 0.15) is 5.82 Å². The molecule has 0 aliphatic heterocycles. The molecule has 0 amide bonds. The van der Waals surface area contributed by atoms with Crippen LogP contribution in [0.25, 0.3) is 0 Å². The fourth-order valence-corrected chi connectivity index (χ4v) is 1.15. The smallest absolute Gasteiger partial charge is 0.451 e. The van der Waals surface area contributed by atoms with E-state index in [1.165, 1.54) is 0 Å².